The maximum atomic E-state index is 12.5. The van der Waals surface area contributed by atoms with E-state index in [4.69, 9.17) is 4.74 Å². The molecule has 0 fully saturated rings. The molecule has 0 heterocycles. The van der Waals surface area contributed by atoms with E-state index in [1.807, 2.05) is 0 Å². The van der Waals surface area contributed by atoms with Gasteiger partial charge in [-0.1, -0.05) is 309 Å². The lowest BCUT2D eigenvalue weighted by molar-refractivity contribution is -0.143. The van der Waals surface area contributed by atoms with E-state index in [1.54, 1.807) is 0 Å². The zero-order chi connectivity index (χ0) is 47.9. The lowest BCUT2D eigenvalue weighted by Gasteiger charge is -2.22. The molecule has 6 heteroatoms. The smallest absolute Gasteiger partial charge is 0.305 e. The summed E-state index contributed by atoms with van der Waals surface area (Å²) >= 11 is 0. The lowest BCUT2D eigenvalue weighted by Crippen LogP contribution is -2.45. The topological polar surface area (TPSA) is 95.9 Å². The summed E-state index contributed by atoms with van der Waals surface area (Å²) < 4.78 is 5.46. The molecule has 0 saturated carbocycles. The molecule has 0 aliphatic carbocycles. The summed E-state index contributed by atoms with van der Waals surface area (Å²) in [6.07, 6.45) is 65.3. The van der Waals surface area contributed by atoms with Gasteiger partial charge < -0.3 is 20.3 Å². The molecule has 0 radical (unpaired) electrons. The van der Waals surface area contributed by atoms with E-state index in [0.29, 0.717) is 25.9 Å². The molecule has 0 aromatic heterocycles. The normalized spacial score (nSPS) is 12.5. The predicted molar refractivity (Wildman–Crippen MR) is 287 cm³/mol. The monoisotopic (exact) mass is 934 g/mol. The van der Waals surface area contributed by atoms with Crippen molar-refractivity contribution in [2.45, 2.75) is 360 Å². The number of esters is 1. The average Bonchev–Trinajstić information content (AvgIpc) is 3.32. The molecule has 0 bridgehead atoms. The Bertz CT molecular complexity index is 944. The lowest BCUT2D eigenvalue weighted by atomic mass is 10.0. The van der Waals surface area contributed by atoms with Crippen molar-refractivity contribution in [2.24, 2.45) is 0 Å². The minimum Gasteiger partial charge on any atom is -0.466 e. The quantitative estimate of drug-likeness (QED) is 0.0417. The average molecular weight is 935 g/mol. The van der Waals surface area contributed by atoms with Crippen molar-refractivity contribution in [3.63, 3.8) is 0 Å². The number of amides is 1. The van der Waals surface area contributed by atoms with Gasteiger partial charge in [0.1, 0.15) is 0 Å². The number of unbranched alkanes of at least 4 members (excludes halogenated alkanes) is 46. The van der Waals surface area contributed by atoms with Crippen LogP contribution in [0.4, 0.5) is 0 Å². The first-order valence-electron chi connectivity index (χ1n) is 30.3. The van der Waals surface area contributed by atoms with Crippen LogP contribution in [-0.4, -0.2) is 47.4 Å². The Morgan fingerprint density at radius 3 is 0.924 bits per heavy atom. The van der Waals surface area contributed by atoms with Gasteiger partial charge in [0.15, 0.2) is 0 Å². The van der Waals surface area contributed by atoms with E-state index >= 15 is 0 Å². The van der Waals surface area contributed by atoms with Gasteiger partial charge in [0.25, 0.3) is 0 Å². The molecule has 2 atom stereocenters. The molecule has 66 heavy (non-hydrogen) atoms. The fourth-order valence-corrected chi connectivity index (χ4v) is 9.76. The zero-order valence-corrected chi connectivity index (χ0v) is 45.0. The van der Waals surface area contributed by atoms with Crippen LogP contribution in [0, 0.1) is 0 Å². The van der Waals surface area contributed by atoms with Gasteiger partial charge in [-0.2, -0.15) is 0 Å². The highest BCUT2D eigenvalue weighted by molar-refractivity contribution is 5.76. The summed E-state index contributed by atoms with van der Waals surface area (Å²) in [5.41, 5.74) is 0. The van der Waals surface area contributed by atoms with E-state index in [2.05, 4.69) is 19.2 Å². The van der Waals surface area contributed by atoms with Crippen LogP contribution in [0.5, 0.6) is 0 Å². The molecular formula is C60H119NO5. The van der Waals surface area contributed by atoms with Gasteiger partial charge in [-0.3, -0.25) is 9.59 Å². The number of carbonyl (C=O) groups is 2. The molecule has 394 valence electrons. The van der Waals surface area contributed by atoms with Crippen LogP contribution in [-0.2, 0) is 14.3 Å². The SMILES string of the molecule is CCCCCCCCCCCCCCCCCCCCCCCC(O)C(CO)NC(=O)CCCCCCCCCCCCCCCCCCCOC(=O)CCCCCCCCCCCCC. The number of hydrogen-bond acceptors (Lipinski definition) is 5. The van der Waals surface area contributed by atoms with Crippen molar-refractivity contribution in [3.05, 3.63) is 0 Å². The minimum absolute atomic E-state index is 0.00630. The van der Waals surface area contributed by atoms with Gasteiger partial charge in [-0.05, 0) is 25.7 Å². The maximum Gasteiger partial charge on any atom is 0.305 e. The zero-order valence-electron chi connectivity index (χ0n) is 45.0. The Kier molecular flexibility index (Phi) is 55.5. The predicted octanol–water partition coefficient (Wildman–Crippen LogP) is 18.7. The second-order valence-corrected chi connectivity index (χ2v) is 21.1. The number of nitrogens with one attached hydrogen (secondary N) is 1. The van der Waals surface area contributed by atoms with Crippen LogP contribution in [0.3, 0.4) is 0 Å². The van der Waals surface area contributed by atoms with Crippen LogP contribution in [0.1, 0.15) is 348 Å². The third kappa shape index (κ3) is 52.2. The summed E-state index contributed by atoms with van der Waals surface area (Å²) in [7, 11) is 0. The fraction of sp³-hybridized carbons (Fsp3) is 0.967. The molecule has 2 unspecified atom stereocenters. The largest absolute Gasteiger partial charge is 0.466 e. The van der Waals surface area contributed by atoms with Crippen LogP contribution in [0.15, 0.2) is 0 Å². The third-order valence-corrected chi connectivity index (χ3v) is 14.4. The summed E-state index contributed by atoms with van der Waals surface area (Å²) in [6, 6.07) is -0.545. The number of ether oxygens (including phenoxy) is 1. The molecule has 0 spiro atoms. The molecule has 3 N–H and O–H groups in total. The highest BCUT2D eigenvalue weighted by Crippen LogP contribution is 2.18. The Morgan fingerprint density at radius 2 is 0.621 bits per heavy atom. The molecule has 0 aromatic rings. The first-order chi connectivity index (χ1) is 32.5. The Hall–Kier alpha value is -1.14. The second-order valence-electron chi connectivity index (χ2n) is 21.1. The number of rotatable bonds is 57. The number of hydrogen-bond donors (Lipinski definition) is 3. The van der Waals surface area contributed by atoms with E-state index in [-0.39, 0.29) is 18.5 Å². The van der Waals surface area contributed by atoms with Crippen molar-refractivity contribution in [1.82, 2.24) is 5.32 Å². The van der Waals surface area contributed by atoms with Gasteiger partial charge in [0, 0.05) is 12.8 Å². The van der Waals surface area contributed by atoms with Gasteiger partial charge in [-0.25, -0.2) is 0 Å². The fourth-order valence-electron chi connectivity index (χ4n) is 9.76. The van der Waals surface area contributed by atoms with Crippen molar-refractivity contribution in [3.8, 4) is 0 Å². The van der Waals surface area contributed by atoms with Crippen LogP contribution >= 0.6 is 0 Å². The van der Waals surface area contributed by atoms with Gasteiger partial charge in [0.05, 0.1) is 25.4 Å². The standard InChI is InChI=1S/C60H119NO5/c1-3-5-7-9-11-13-15-16-17-18-19-20-21-23-26-29-33-36-40-44-48-52-58(63)57(56-62)61-59(64)53-49-45-41-37-34-30-27-24-22-25-28-31-35-39-43-47-51-55-66-60(65)54-50-46-42-38-32-14-12-10-8-6-4-2/h57-58,62-63H,3-56H2,1-2H3,(H,61,64). The van der Waals surface area contributed by atoms with Gasteiger partial charge in [-0.15, -0.1) is 0 Å². The Balaban J connectivity index is 3.41. The van der Waals surface area contributed by atoms with Crippen molar-refractivity contribution in [2.75, 3.05) is 13.2 Å². The molecule has 0 aliphatic heterocycles. The molecule has 0 aromatic carbocycles. The minimum atomic E-state index is -0.667. The Morgan fingerprint density at radius 1 is 0.364 bits per heavy atom. The van der Waals surface area contributed by atoms with E-state index in [9.17, 15) is 19.8 Å². The van der Waals surface area contributed by atoms with E-state index in [0.717, 1.165) is 38.5 Å². The van der Waals surface area contributed by atoms with E-state index in [1.165, 1.54) is 276 Å². The van der Waals surface area contributed by atoms with Gasteiger partial charge >= 0.3 is 5.97 Å². The van der Waals surface area contributed by atoms with Crippen molar-refractivity contribution < 1.29 is 24.5 Å². The van der Waals surface area contributed by atoms with Crippen LogP contribution < -0.4 is 5.32 Å². The van der Waals surface area contributed by atoms with Crippen molar-refractivity contribution >= 4 is 11.9 Å². The highest BCUT2D eigenvalue weighted by Gasteiger charge is 2.20. The molecular weight excluding hydrogens is 815 g/mol. The summed E-state index contributed by atoms with van der Waals surface area (Å²) in [5.74, 6) is -0.0295. The second kappa shape index (κ2) is 56.4. The highest BCUT2D eigenvalue weighted by atomic mass is 16.5. The molecule has 0 rings (SSSR count). The maximum absolute atomic E-state index is 12.5. The van der Waals surface area contributed by atoms with Crippen molar-refractivity contribution in [1.29, 1.82) is 0 Å². The third-order valence-electron chi connectivity index (χ3n) is 14.4. The van der Waals surface area contributed by atoms with Gasteiger partial charge in [0.2, 0.25) is 5.91 Å². The molecule has 0 aliphatic rings. The number of carbonyl (C=O) groups excluding carboxylic acids is 2. The first-order valence-corrected chi connectivity index (χ1v) is 30.3. The summed E-state index contributed by atoms with van der Waals surface area (Å²) in [5, 5.41) is 23.4. The number of aliphatic hydroxyl groups is 2. The van der Waals surface area contributed by atoms with Crippen LogP contribution in [0.2, 0.25) is 0 Å². The summed E-state index contributed by atoms with van der Waals surface area (Å²) in [4.78, 5) is 24.5. The van der Waals surface area contributed by atoms with E-state index < -0.39 is 12.1 Å². The number of aliphatic hydroxyl groups excluding tert-OH is 2. The van der Waals surface area contributed by atoms with Crippen LogP contribution in [0.25, 0.3) is 0 Å². The molecule has 0 saturated heterocycles. The first kappa shape index (κ1) is 64.9. The Labute approximate surface area is 413 Å². The molecule has 1 amide bonds. The summed E-state index contributed by atoms with van der Waals surface area (Å²) in [6.45, 7) is 4.97. The molecule has 6 nitrogen and oxygen atoms in total.